The lowest BCUT2D eigenvalue weighted by atomic mass is 10.1. The van der Waals surface area contributed by atoms with E-state index in [4.69, 9.17) is 10.00 Å². The first-order valence-electron chi connectivity index (χ1n) is 6.80. The summed E-state index contributed by atoms with van der Waals surface area (Å²) in [5, 5.41) is 9.15. The molecular weight excluding hydrogens is 252 g/mol. The monoisotopic (exact) mass is 272 g/mol. The molecule has 1 rings (SSSR count). The molecule has 106 valence electrons. The Balaban J connectivity index is 2.94. The Labute approximate surface area is 120 Å². The first-order valence-corrected chi connectivity index (χ1v) is 6.80. The zero-order chi connectivity index (χ0) is 15.0. The number of carbonyl (C=O) groups excluding carboxylic acids is 1. The molecule has 4 heteroatoms. The number of carbonyl (C=O) groups is 1. The first kappa shape index (κ1) is 15.8. The van der Waals surface area contributed by atoms with E-state index in [1.807, 2.05) is 51.1 Å². The molecule has 1 aromatic rings. The highest BCUT2D eigenvalue weighted by molar-refractivity contribution is 6.01. The van der Waals surface area contributed by atoms with Gasteiger partial charge in [0, 0.05) is 13.1 Å². The van der Waals surface area contributed by atoms with Gasteiger partial charge in [-0.15, -0.1) is 0 Å². The molecule has 20 heavy (non-hydrogen) atoms. The lowest BCUT2D eigenvalue weighted by Crippen LogP contribution is -2.31. The van der Waals surface area contributed by atoms with Crippen molar-refractivity contribution in [3.63, 3.8) is 0 Å². The predicted octanol–water partition coefficient (Wildman–Crippen LogP) is 2.86. The van der Waals surface area contributed by atoms with Crippen LogP contribution in [0.2, 0.25) is 0 Å². The van der Waals surface area contributed by atoms with Crippen molar-refractivity contribution in [1.82, 2.24) is 4.90 Å². The molecule has 0 heterocycles. The van der Waals surface area contributed by atoms with Crippen LogP contribution in [0.5, 0.6) is 5.75 Å². The van der Waals surface area contributed by atoms with Crippen LogP contribution >= 0.6 is 0 Å². The largest absolute Gasteiger partial charge is 0.494 e. The minimum atomic E-state index is -0.230. The topological polar surface area (TPSA) is 53.3 Å². The van der Waals surface area contributed by atoms with Crippen LogP contribution in [0.25, 0.3) is 6.08 Å². The molecule has 0 atom stereocenters. The molecule has 0 aliphatic heterocycles. The average molecular weight is 272 g/mol. The molecule has 0 bridgehead atoms. The summed E-state index contributed by atoms with van der Waals surface area (Å²) < 4.78 is 5.35. The second kappa shape index (κ2) is 8.00. The van der Waals surface area contributed by atoms with Gasteiger partial charge in [-0.2, -0.15) is 5.26 Å². The van der Waals surface area contributed by atoms with E-state index in [1.165, 1.54) is 0 Å². The van der Waals surface area contributed by atoms with E-state index in [0.717, 1.165) is 11.3 Å². The molecule has 0 aromatic heterocycles. The van der Waals surface area contributed by atoms with Crippen molar-refractivity contribution in [2.24, 2.45) is 0 Å². The third-order valence-electron chi connectivity index (χ3n) is 2.90. The van der Waals surface area contributed by atoms with Gasteiger partial charge in [0.25, 0.3) is 5.91 Å². The highest BCUT2D eigenvalue weighted by Gasteiger charge is 2.14. The van der Waals surface area contributed by atoms with E-state index < -0.39 is 0 Å². The zero-order valence-electron chi connectivity index (χ0n) is 12.2. The van der Waals surface area contributed by atoms with Gasteiger partial charge in [0.05, 0.1) is 6.61 Å². The summed E-state index contributed by atoms with van der Waals surface area (Å²) >= 11 is 0. The molecular formula is C16H20N2O2. The van der Waals surface area contributed by atoms with Gasteiger partial charge in [0.2, 0.25) is 0 Å². The number of nitrogens with zero attached hydrogens (tertiary/aromatic N) is 2. The predicted molar refractivity (Wildman–Crippen MR) is 79.1 cm³/mol. The Morgan fingerprint density at radius 2 is 1.85 bits per heavy atom. The lowest BCUT2D eigenvalue weighted by Gasteiger charge is -2.17. The van der Waals surface area contributed by atoms with Crippen molar-refractivity contribution in [3.05, 3.63) is 35.4 Å². The van der Waals surface area contributed by atoms with Crippen LogP contribution in [0.3, 0.4) is 0 Å². The van der Waals surface area contributed by atoms with Crippen molar-refractivity contribution in [3.8, 4) is 11.8 Å². The van der Waals surface area contributed by atoms with Crippen molar-refractivity contribution in [2.75, 3.05) is 19.7 Å². The minimum Gasteiger partial charge on any atom is -0.494 e. The summed E-state index contributed by atoms with van der Waals surface area (Å²) in [6.07, 6.45) is 1.61. The summed E-state index contributed by atoms with van der Waals surface area (Å²) in [5.74, 6) is 0.546. The van der Waals surface area contributed by atoms with Gasteiger partial charge in [0.15, 0.2) is 0 Å². The van der Waals surface area contributed by atoms with Gasteiger partial charge in [-0.3, -0.25) is 4.79 Å². The van der Waals surface area contributed by atoms with Crippen LogP contribution in [-0.4, -0.2) is 30.5 Å². The molecule has 0 saturated heterocycles. The molecule has 0 unspecified atom stereocenters. The Morgan fingerprint density at radius 3 is 2.30 bits per heavy atom. The van der Waals surface area contributed by atoms with Gasteiger partial charge in [-0.05, 0) is 44.5 Å². The van der Waals surface area contributed by atoms with Gasteiger partial charge in [-0.25, -0.2) is 0 Å². The lowest BCUT2D eigenvalue weighted by molar-refractivity contribution is -0.126. The summed E-state index contributed by atoms with van der Waals surface area (Å²) in [7, 11) is 0. The van der Waals surface area contributed by atoms with Crippen LogP contribution in [0, 0.1) is 11.3 Å². The van der Waals surface area contributed by atoms with Crippen LogP contribution in [0.4, 0.5) is 0 Å². The summed E-state index contributed by atoms with van der Waals surface area (Å²) in [6, 6.07) is 9.29. The molecule has 0 N–H and O–H groups in total. The third-order valence-corrected chi connectivity index (χ3v) is 2.90. The molecule has 4 nitrogen and oxygen atoms in total. The number of ether oxygens (including phenoxy) is 1. The second-order valence-electron chi connectivity index (χ2n) is 4.15. The Hall–Kier alpha value is -2.28. The molecule has 0 aliphatic rings. The average Bonchev–Trinajstić information content (AvgIpc) is 2.48. The van der Waals surface area contributed by atoms with E-state index >= 15 is 0 Å². The minimum absolute atomic E-state index is 0.151. The van der Waals surface area contributed by atoms with Gasteiger partial charge >= 0.3 is 0 Å². The number of amides is 1. The standard InChI is InChI=1S/C16H20N2O2/c1-4-18(5-2)16(19)14(12-17)11-13-7-9-15(10-8-13)20-6-3/h7-11H,4-6H2,1-3H3/b14-11-. The van der Waals surface area contributed by atoms with Crippen LogP contribution < -0.4 is 4.74 Å². The fourth-order valence-corrected chi connectivity index (χ4v) is 1.82. The second-order valence-corrected chi connectivity index (χ2v) is 4.15. The number of nitriles is 1. The van der Waals surface area contributed by atoms with E-state index in [-0.39, 0.29) is 11.5 Å². The SMILES string of the molecule is CCOc1ccc(/C=C(/C#N)C(=O)N(CC)CC)cc1. The zero-order valence-corrected chi connectivity index (χ0v) is 12.2. The Kier molecular flexibility index (Phi) is 6.31. The van der Waals surface area contributed by atoms with Crippen LogP contribution in [0.15, 0.2) is 29.8 Å². The molecule has 0 aliphatic carbocycles. The fourth-order valence-electron chi connectivity index (χ4n) is 1.82. The number of benzene rings is 1. The summed E-state index contributed by atoms with van der Waals surface area (Å²) in [4.78, 5) is 13.7. The van der Waals surface area contributed by atoms with Crippen molar-refractivity contribution in [1.29, 1.82) is 5.26 Å². The van der Waals surface area contributed by atoms with E-state index in [9.17, 15) is 4.79 Å². The van der Waals surface area contributed by atoms with E-state index in [1.54, 1.807) is 11.0 Å². The normalized spacial score (nSPS) is 10.8. The molecule has 0 saturated carbocycles. The molecule has 0 radical (unpaired) electrons. The molecule has 0 spiro atoms. The summed E-state index contributed by atoms with van der Waals surface area (Å²) in [5.41, 5.74) is 0.961. The quantitative estimate of drug-likeness (QED) is 0.591. The number of likely N-dealkylation sites (N-methyl/N-ethyl adjacent to an activating group) is 1. The number of hydrogen-bond donors (Lipinski definition) is 0. The van der Waals surface area contributed by atoms with Gasteiger partial charge in [-0.1, -0.05) is 12.1 Å². The number of rotatable bonds is 6. The van der Waals surface area contributed by atoms with Crippen molar-refractivity contribution >= 4 is 12.0 Å². The Morgan fingerprint density at radius 1 is 1.25 bits per heavy atom. The van der Waals surface area contributed by atoms with Crippen molar-refractivity contribution in [2.45, 2.75) is 20.8 Å². The van der Waals surface area contributed by atoms with Gasteiger partial charge < -0.3 is 9.64 Å². The maximum atomic E-state index is 12.1. The fraction of sp³-hybridized carbons (Fsp3) is 0.375. The first-order chi connectivity index (χ1) is 9.65. The molecule has 1 aromatic carbocycles. The third kappa shape index (κ3) is 4.13. The maximum Gasteiger partial charge on any atom is 0.264 e. The molecule has 0 fully saturated rings. The van der Waals surface area contributed by atoms with Gasteiger partial charge in [0.1, 0.15) is 17.4 Å². The maximum absolute atomic E-state index is 12.1. The highest BCUT2D eigenvalue weighted by atomic mass is 16.5. The Bertz CT molecular complexity index is 508. The van der Waals surface area contributed by atoms with E-state index in [0.29, 0.717) is 19.7 Å². The van der Waals surface area contributed by atoms with Crippen molar-refractivity contribution < 1.29 is 9.53 Å². The van der Waals surface area contributed by atoms with E-state index in [2.05, 4.69) is 0 Å². The smallest absolute Gasteiger partial charge is 0.264 e. The summed E-state index contributed by atoms with van der Waals surface area (Å²) in [6.45, 7) is 7.51. The molecule has 1 amide bonds. The number of hydrogen-bond acceptors (Lipinski definition) is 3. The highest BCUT2D eigenvalue weighted by Crippen LogP contribution is 2.15. The van der Waals surface area contributed by atoms with Crippen LogP contribution in [-0.2, 0) is 4.79 Å². The van der Waals surface area contributed by atoms with Crippen LogP contribution in [0.1, 0.15) is 26.3 Å².